The van der Waals surface area contributed by atoms with Crippen LogP contribution in [0.1, 0.15) is 52.4 Å². The fourth-order valence-electron chi connectivity index (χ4n) is 3.55. The average Bonchev–Trinajstić information content (AvgIpc) is 2.39. The number of hydrogen-bond donors (Lipinski definition) is 0. The maximum Gasteiger partial charge on any atom is 0.123 e. The lowest BCUT2D eigenvalue weighted by Gasteiger charge is -2.41. The summed E-state index contributed by atoms with van der Waals surface area (Å²) < 4.78 is 0. The average molecular weight is 237 g/mol. The van der Waals surface area contributed by atoms with Crippen molar-refractivity contribution in [3.05, 3.63) is 0 Å². The quantitative estimate of drug-likeness (QED) is 0.703. The van der Waals surface area contributed by atoms with Gasteiger partial charge in [0, 0.05) is 12.0 Å². The van der Waals surface area contributed by atoms with Gasteiger partial charge in [-0.3, -0.25) is 0 Å². The zero-order valence-electron chi connectivity index (χ0n) is 11.4. The van der Waals surface area contributed by atoms with Gasteiger partial charge < -0.3 is 9.69 Å². The van der Waals surface area contributed by atoms with E-state index in [1.165, 1.54) is 45.1 Å². The van der Waals surface area contributed by atoms with Gasteiger partial charge in [-0.1, -0.05) is 13.8 Å². The molecule has 2 rings (SSSR count). The highest BCUT2D eigenvalue weighted by molar-refractivity contribution is 5.53. The zero-order valence-corrected chi connectivity index (χ0v) is 11.4. The van der Waals surface area contributed by atoms with E-state index in [2.05, 4.69) is 18.7 Å². The molecule has 2 aliphatic rings. The van der Waals surface area contributed by atoms with Crippen molar-refractivity contribution in [2.75, 3.05) is 13.1 Å². The molecule has 2 heteroatoms. The van der Waals surface area contributed by atoms with Gasteiger partial charge in [0.25, 0.3) is 0 Å². The van der Waals surface area contributed by atoms with Crippen molar-refractivity contribution in [2.45, 2.75) is 58.4 Å². The third-order valence-electron chi connectivity index (χ3n) is 4.97. The second kappa shape index (κ2) is 5.99. The van der Waals surface area contributed by atoms with Crippen LogP contribution in [0, 0.1) is 17.8 Å². The summed E-state index contributed by atoms with van der Waals surface area (Å²) in [6.45, 7) is 7.30. The number of likely N-dealkylation sites (tertiary alicyclic amines) is 1. The van der Waals surface area contributed by atoms with E-state index in [0.29, 0.717) is 5.92 Å². The van der Waals surface area contributed by atoms with Crippen molar-refractivity contribution in [3.63, 3.8) is 0 Å². The molecule has 0 atom stereocenters. The fraction of sp³-hybridized carbons (Fsp3) is 0.933. The van der Waals surface area contributed by atoms with Crippen molar-refractivity contribution in [1.29, 1.82) is 0 Å². The van der Waals surface area contributed by atoms with E-state index in [4.69, 9.17) is 0 Å². The highest BCUT2D eigenvalue weighted by Crippen LogP contribution is 2.31. The van der Waals surface area contributed by atoms with Crippen LogP contribution in [-0.2, 0) is 4.79 Å². The molecule has 0 aromatic rings. The Morgan fingerprint density at radius 2 is 1.59 bits per heavy atom. The van der Waals surface area contributed by atoms with Gasteiger partial charge in [-0.2, -0.15) is 0 Å². The first-order valence-corrected chi connectivity index (χ1v) is 7.40. The molecule has 0 aromatic carbocycles. The highest BCUT2D eigenvalue weighted by atomic mass is 16.1. The highest BCUT2D eigenvalue weighted by Gasteiger charge is 2.29. The van der Waals surface area contributed by atoms with Crippen molar-refractivity contribution in [1.82, 2.24) is 4.90 Å². The summed E-state index contributed by atoms with van der Waals surface area (Å²) in [4.78, 5) is 13.4. The summed E-state index contributed by atoms with van der Waals surface area (Å²) in [5, 5.41) is 0. The lowest BCUT2D eigenvalue weighted by Crippen LogP contribution is -2.43. The number of carbonyl (C=O) groups excluding carboxylic acids is 1. The lowest BCUT2D eigenvalue weighted by atomic mass is 9.83. The maximum absolute atomic E-state index is 10.7. The predicted octanol–water partition coefficient (Wildman–Crippen LogP) is 3.11. The Morgan fingerprint density at radius 1 is 1.00 bits per heavy atom. The Morgan fingerprint density at radius 3 is 2.06 bits per heavy atom. The summed E-state index contributed by atoms with van der Waals surface area (Å²) in [5.74, 6) is 2.15. The molecule has 17 heavy (non-hydrogen) atoms. The van der Waals surface area contributed by atoms with E-state index in [9.17, 15) is 4.79 Å². The number of piperidine rings is 1. The summed E-state index contributed by atoms with van der Waals surface area (Å²) in [6.07, 6.45) is 8.67. The van der Waals surface area contributed by atoms with E-state index in [1.807, 2.05) is 0 Å². The molecule has 2 fully saturated rings. The van der Waals surface area contributed by atoms with Gasteiger partial charge in [-0.25, -0.2) is 0 Å². The van der Waals surface area contributed by atoms with Gasteiger partial charge >= 0.3 is 0 Å². The first-order chi connectivity index (χ1) is 8.20. The Balaban J connectivity index is 1.76. The molecule has 0 aromatic heterocycles. The molecule has 0 bridgehead atoms. The molecule has 1 aliphatic heterocycles. The minimum Gasteiger partial charge on any atom is -0.303 e. The minimum absolute atomic E-state index is 0.361. The molecule has 0 radical (unpaired) electrons. The fourth-order valence-corrected chi connectivity index (χ4v) is 3.55. The SMILES string of the molecule is CC(C)C1CCN(C2CCC(C=O)CC2)CC1. The van der Waals surface area contributed by atoms with Crippen LogP contribution in [0.3, 0.4) is 0 Å². The van der Waals surface area contributed by atoms with Gasteiger partial charge in [0.15, 0.2) is 0 Å². The second-order valence-corrected chi connectivity index (χ2v) is 6.32. The third-order valence-corrected chi connectivity index (χ3v) is 4.97. The summed E-state index contributed by atoms with van der Waals surface area (Å²) >= 11 is 0. The molecule has 0 unspecified atom stereocenters. The topological polar surface area (TPSA) is 20.3 Å². The first kappa shape index (κ1) is 13.1. The monoisotopic (exact) mass is 237 g/mol. The number of aldehydes is 1. The number of hydrogen-bond acceptors (Lipinski definition) is 2. The molecular weight excluding hydrogens is 210 g/mol. The molecule has 1 aliphatic carbocycles. The lowest BCUT2D eigenvalue weighted by molar-refractivity contribution is -0.112. The van der Waals surface area contributed by atoms with E-state index in [1.54, 1.807) is 0 Å². The smallest absolute Gasteiger partial charge is 0.123 e. The second-order valence-electron chi connectivity index (χ2n) is 6.32. The van der Waals surface area contributed by atoms with Gasteiger partial charge in [-0.05, 0) is 63.5 Å². The molecule has 98 valence electrons. The first-order valence-electron chi connectivity index (χ1n) is 7.40. The Kier molecular flexibility index (Phi) is 4.61. The maximum atomic E-state index is 10.7. The zero-order chi connectivity index (χ0) is 12.3. The third kappa shape index (κ3) is 3.31. The van der Waals surface area contributed by atoms with Crippen LogP contribution in [0.4, 0.5) is 0 Å². The standard InChI is InChI=1S/C15H27NO/c1-12(2)14-7-9-16(10-8-14)15-5-3-13(11-17)4-6-15/h11-15H,3-10H2,1-2H3. The molecule has 0 N–H and O–H groups in total. The van der Waals surface area contributed by atoms with Crippen LogP contribution in [0.25, 0.3) is 0 Å². The molecule has 0 spiro atoms. The number of carbonyl (C=O) groups is 1. The number of nitrogens with zero attached hydrogens (tertiary/aromatic N) is 1. The normalized spacial score (nSPS) is 32.9. The van der Waals surface area contributed by atoms with Crippen molar-refractivity contribution < 1.29 is 4.79 Å². The van der Waals surface area contributed by atoms with E-state index in [0.717, 1.165) is 30.7 Å². The van der Waals surface area contributed by atoms with Crippen LogP contribution < -0.4 is 0 Å². The summed E-state index contributed by atoms with van der Waals surface area (Å²) in [6, 6.07) is 0.777. The Bertz CT molecular complexity index is 235. The molecule has 1 saturated heterocycles. The molecule has 1 heterocycles. The summed E-state index contributed by atoms with van der Waals surface area (Å²) in [5.41, 5.74) is 0. The van der Waals surface area contributed by atoms with Crippen LogP contribution >= 0.6 is 0 Å². The van der Waals surface area contributed by atoms with Crippen LogP contribution in [0.15, 0.2) is 0 Å². The molecule has 1 saturated carbocycles. The van der Waals surface area contributed by atoms with Crippen LogP contribution in [0.2, 0.25) is 0 Å². The predicted molar refractivity (Wildman–Crippen MR) is 70.9 cm³/mol. The molecule has 0 amide bonds. The van der Waals surface area contributed by atoms with Crippen LogP contribution in [-0.4, -0.2) is 30.3 Å². The van der Waals surface area contributed by atoms with Gasteiger partial charge in [0.05, 0.1) is 0 Å². The van der Waals surface area contributed by atoms with Crippen molar-refractivity contribution in [3.8, 4) is 0 Å². The molecular formula is C15H27NO. The van der Waals surface area contributed by atoms with E-state index in [-0.39, 0.29) is 0 Å². The summed E-state index contributed by atoms with van der Waals surface area (Å²) in [7, 11) is 0. The van der Waals surface area contributed by atoms with Crippen molar-refractivity contribution in [2.24, 2.45) is 17.8 Å². The van der Waals surface area contributed by atoms with Crippen LogP contribution in [0.5, 0.6) is 0 Å². The largest absolute Gasteiger partial charge is 0.303 e. The van der Waals surface area contributed by atoms with Gasteiger partial charge in [0.2, 0.25) is 0 Å². The van der Waals surface area contributed by atoms with E-state index >= 15 is 0 Å². The van der Waals surface area contributed by atoms with Gasteiger partial charge in [0.1, 0.15) is 6.29 Å². The molecule has 2 nitrogen and oxygen atoms in total. The van der Waals surface area contributed by atoms with Crippen molar-refractivity contribution >= 4 is 6.29 Å². The van der Waals surface area contributed by atoms with Gasteiger partial charge in [-0.15, -0.1) is 0 Å². The number of rotatable bonds is 3. The minimum atomic E-state index is 0.361. The Hall–Kier alpha value is -0.370. The Labute approximate surface area is 106 Å². The van der Waals surface area contributed by atoms with E-state index < -0.39 is 0 Å².